The van der Waals surface area contributed by atoms with E-state index in [1.165, 1.54) is 0 Å². The molecule has 1 atom stereocenters. The normalized spacial score (nSPS) is 15.7. The fourth-order valence-corrected chi connectivity index (χ4v) is 2.86. The number of rotatable bonds is 8. The van der Waals surface area contributed by atoms with Crippen molar-refractivity contribution in [1.82, 2.24) is 5.32 Å². The van der Waals surface area contributed by atoms with Gasteiger partial charge in [0.05, 0.1) is 31.9 Å². The van der Waals surface area contributed by atoms with Crippen molar-refractivity contribution >= 4 is 28.2 Å². The maximum Gasteiger partial charge on any atom is 0.511 e. The van der Waals surface area contributed by atoms with Gasteiger partial charge in [0.15, 0.2) is 0 Å². The predicted molar refractivity (Wildman–Crippen MR) is 97.1 cm³/mol. The van der Waals surface area contributed by atoms with Gasteiger partial charge < -0.3 is 33.7 Å². The molecule has 0 aromatic heterocycles. The molecule has 0 radical (unpaired) electrons. The number of methoxy groups -OCH3 is 2. The number of hydrogen-bond donors (Lipinski definition) is 1. The Morgan fingerprint density at radius 3 is 2.67 bits per heavy atom. The molecular formula is C17H22BrNO8. The zero-order chi connectivity index (χ0) is 19.6. The lowest BCUT2D eigenvalue weighted by molar-refractivity contribution is -0.0306. The number of hydrogen-bond acceptors (Lipinski definition) is 8. The van der Waals surface area contributed by atoms with Crippen molar-refractivity contribution < 1.29 is 38.0 Å². The fraction of sp³-hybridized carbons (Fsp3) is 0.529. The lowest BCUT2D eigenvalue weighted by atomic mass is 10.1. The highest BCUT2D eigenvalue weighted by Crippen LogP contribution is 2.32. The van der Waals surface area contributed by atoms with Gasteiger partial charge in [-0.3, -0.25) is 0 Å². The number of carbonyl (C=O) groups is 2. The molecule has 1 aliphatic rings. The summed E-state index contributed by atoms with van der Waals surface area (Å²) in [5.41, 5.74) is 0.858. The van der Waals surface area contributed by atoms with Crippen LogP contribution in [0.15, 0.2) is 16.6 Å². The molecule has 1 unspecified atom stereocenters. The topological polar surface area (TPSA) is 102 Å². The van der Waals surface area contributed by atoms with Gasteiger partial charge in [-0.15, -0.1) is 0 Å². The highest BCUT2D eigenvalue weighted by molar-refractivity contribution is 9.10. The molecule has 1 aromatic rings. The van der Waals surface area contributed by atoms with Crippen LogP contribution in [-0.4, -0.2) is 59.1 Å². The summed E-state index contributed by atoms with van der Waals surface area (Å²) in [4.78, 5) is 23.0. The molecule has 0 bridgehead atoms. The molecule has 1 fully saturated rings. The number of carbonyl (C=O) groups excluding carboxylic acids is 2. The van der Waals surface area contributed by atoms with Crippen LogP contribution in [0.1, 0.15) is 12.0 Å². The van der Waals surface area contributed by atoms with Crippen molar-refractivity contribution in [2.45, 2.75) is 18.9 Å². The van der Waals surface area contributed by atoms with Gasteiger partial charge in [0.1, 0.15) is 17.6 Å². The first-order valence-corrected chi connectivity index (χ1v) is 9.05. The first-order chi connectivity index (χ1) is 13.0. The van der Waals surface area contributed by atoms with Crippen LogP contribution in [0.5, 0.6) is 11.5 Å². The van der Waals surface area contributed by atoms with Gasteiger partial charge in [0, 0.05) is 13.0 Å². The molecule has 0 spiro atoms. The van der Waals surface area contributed by atoms with E-state index in [-0.39, 0.29) is 6.10 Å². The molecular weight excluding hydrogens is 426 g/mol. The third-order valence-electron chi connectivity index (χ3n) is 3.74. The van der Waals surface area contributed by atoms with Crippen molar-refractivity contribution in [3.05, 3.63) is 22.2 Å². The minimum atomic E-state index is -0.898. The summed E-state index contributed by atoms with van der Waals surface area (Å²) in [7, 11) is 3.13. The summed E-state index contributed by atoms with van der Waals surface area (Å²) < 4.78 is 30.8. The zero-order valence-electron chi connectivity index (χ0n) is 15.1. The van der Waals surface area contributed by atoms with E-state index in [2.05, 4.69) is 26.0 Å². The van der Waals surface area contributed by atoms with E-state index < -0.39 is 19.0 Å². The smallest absolute Gasteiger partial charge is 0.496 e. The summed E-state index contributed by atoms with van der Waals surface area (Å²) in [6, 6.07) is 3.61. The number of alkyl carbamates (subject to hydrolysis) is 1. The average molecular weight is 448 g/mol. The molecule has 1 aliphatic heterocycles. The van der Waals surface area contributed by atoms with Gasteiger partial charge in [-0.2, -0.15) is 0 Å². The molecule has 150 valence electrons. The largest absolute Gasteiger partial charge is 0.511 e. The first kappa shape index (κ1) is 21.1. The molecule has 1 saturated heterocycles. The Morgan fingerprint density at radius 2 is 2.00 bits per heavy atom. The summed E-state index contributed by atoms with van der Waals surface area (Å²) in [6.07, 6.45) is -0.808. The Kier molecular flexibility index (Phi) is 8.46. The standard InChI is InChI=1S/C17H22BrNO8/c1-22-14-8-13(18)15(23-2)7-11(14)3-5-19-16(20)25-10-26-17(21)27-12-4-6-24-9-12/h7-8,12H,3-6,9-10H2,1-2H3,(H,19,20). The van der Waals surface area contributed by atoms with E-state index in [4.69, 9.17) is 23.7 Å². The van der Waals surface area contributed by atoms with Crippen LogP contribution in [0.3, 0.4) is 0 Å². The molecule has 0 saturated carbocycles. The van der Waals surface area contributed by atoms with Gasteiger partial charge in [-0.1, -0.05) is 0 Å². The van der Waals surface area contributed by atoms with Gasteiger partial charge in [0.25, 0.3) is 0 Å². The van der Waals surface area contributed by atoms with E-state index >= 15 is 0 Å². The van der Waals surface area contributed by atoms with E-state index in [1.807, 2.05) is 6.07 Å². The van der Waals surface area contributed by atoms with Crippen LogP contribution in [0, 0.1) is 0 Å². The van der Waals surface area contributed by atoms with Crippen LogP contribution in [0.25, 0.3) is 0 Å². The molecule has 1 amide bonds. The van der Waals surface area contributed by atoms with Crippen molar-refractivity contribution in [2.75, 3.05) is 40.8 Å². The fourth-order valence-electron chi connectivity index (χ4n) is 2.38. The molecule has 1 aromatic carbocycles. The second kappa shape index (κ2) is 10.8. The molecule has 2 rings (SSSR count). The highest BCUT2D eigenvalue weighted by atomic mass is 79.9. The van der Waals surface area contributed by atoms with Gasteiger partial charge in [0.2, 0.25) is 6.79 Å². The molecule has 9 nitrogen and oxygen atoms in total. The minimum Gasteiger partial charge on any atom is -0.496 e. The summed E-state index contributed by atoms with van der Waals surface area (Å²) in [5, 5.41) is 2.56. The number of benzene rings is 1. The maximum atomic E-state index is 11.6. The van der Waals surface area contributed by atoms with Crippen molar-refractivity contribution in [3.8, 4) is 11.5 Å². The van der Waals surface area contributed by atoms with Crippen LogP contribution < -0.4 is 14.8 Å². The SMILES string of the molecule is COc1cc(CCNC(=O)OCOC(=O)OC2CCOC2)c(OC)cc1Br. The lowest BCUT2D eigenvalue weighted by Crippen LogP contribution is -2.28. The zero-order valence-corrected chi connectivity index (χ0v) is 16.7. The highest BCUT2D eigenvalue weighted by Gasteiger charge is 2.21. The number of halogens is 1. The second-order valence-electron chi connectivity index (χ2n) is 5.52. The monoisotopic (exact) mass is 447 g/mol. The quantitative estimate of drug-likeness (QED) is 0.479. The van der Waals surface area contributed by atoms with Gasteiger partial charge in [-0.05, 0) is 40.0 Å². The van der Waals surface area contributed by atoms with E-state index in [1.54, 1.807) is 20.3 Å². The molecule has 1 N–H and O–H groups in total. The van der Waals surface area contributed by atoms with Crippen LogP contribution in [0.4, 0.5) is 9.59 Å². The molecule has 1 heterocycles. The number of ether oxygens (including phenoxy) is 6. The Hall–Kier alpha value is -2.20. The Morgan fingerprint density at radius 1 is 1.22 bits per heavy atom. The van der Waals surface area contributed by atoms with Crippen LogP contribution in [-0.2, 0) is 25.4 Å². The molecule has 0 aliphatic carbocycles. The minimum absolute atomic E-state index is 0.295. The summed E-state index contributed by atoms with van der Waals surface area (Å²) in [6.45, 7) is 0.657. The summed E-state index contributed by atoms with van der Waals surface area (Å²) >= 11 is 3.39. The van der Waals surface area contributed by atoms with E-state index in [0.29, 0.717) is 44.1 Å². The average Bonchev–Trinajstić information content (AvgIpc) is 3.15. The number of amides is 1. The second-order valence-corrected chi connectivity index (χ2v) is 6.38. The maximum absolute atomic E-state index is 11.6. The van der Waals surface area contributed by atoms with Crippen molar-refractivity contribution in [2.24, 2.45) is 0 Å². The van der Waals surface area contributed by atoms with E-state index in [0.717, 1.165) is 10.0 Å². The first-order valence-electron chi connectivity index (χ1n) is 8.25. The molecule has 27 heavy (non-hydrogen) atoms. The predicted octanol–water partition coefficient (Wildman–Crippen LogP) is 2.63. The third-order valence-corrected chi connectivity index (χ3v) is 4.36. The Bertz CT molecular complexity index is 648. The Labute approximate surface area is 165 Å². The van der Waals surface area contributed by atoms with Gasteiger partial charge >= 0.3 is 12.2 Å². The van der Waals surface area contributed by atoms with Crippen LogP contribution >= 0.6 is 15.9 Å². The van der Waals surface area contributed by atoms with Crippen molar-refractivity contribution in [1.29, 1.82) is 0 Å². The lowest BCUT2D eigenvalue weighted by Gasteiger charge is -2.13. The van der Waals surface area contributed by atoms with Crippen molar-refractivity contribution in [3.63, 3.8) is 0 Å². The molecule has 10 heteroatoms. The van der Waals surface area contributed by atoms with Crippen LogP contribution in [0.2, 0.25) is 0 Å². The van der Waals surface area contributed by atoms with Gasteiger partial charge in [-0.25, -0.2) is 9.59 Å². The third kappa shape index (κ3) is 6.79. The summed E-state index contributed by atoms with van der Waals surface area (Å²) in [5.74, 6) is 1.33. The number of nitrogens with one attached hydrogen (secondary N) is 1. The Balaban J connectivity index is 1.67. The van der Waals surface area contributed by atoms with E-state index in [9.17, 15) is 9.59 Å².